The number of pyridine rings is 1. The van der Waals surface area contributed by atoms with Gasteiger partial charge in [-0.15, -0.1) is 0 Å². The van der Waals surface area contributed by atoms with Crippen molar-refractivity contribution in [3.63, 3.8) is 0 Å². The van der Waals surface area contributed by atoms with E-state index >= 15 is 0 Å². The third kappa shape index (κ3) is 3.29. The van der Waals surface area contributed by atoms with E-state index in [0.717, 1.165) is 11.1 Å². The monoisotopic (exact) mass is 391 g/mol. The lowest BCUT2D eigenvalue weighted by molar-refractivity contribution is -0.130. The molecule has 0 saturated heterocycles. The van der Waals surface area contributed by atoms with Crippen molar-refractivity contribution < 1.29 is 14.0 Å². The molecule has 0 aliphatic carbocycles. The molecule has 0 radical (unpaired) electrons. The van der Waals surface area contributed by atoms with Gasteiger partial charge >= 0.3 is 0 Å². The number of halogens is 1. The second-order valence-corrected chi connectivity index (χ2v) is 6.70. The summed E-state index contributed by atoms with van der Waals surface area (Å²) in [6.45, 7) is 3.87. The van der Waals surface area contributed by atoms with Gasteiger partial charge in [-0.3, -0.25) is 19.3 Å². The van der Waals surface area contributed by atoms with Crippen molar-refractivity contribution in [1.82, 2.24) is 19.7 Å². The molecule has 29 heavy (non-hydrogen) atoms. The number of fused-ring (bicyclic) bond motifs is 1. The standard InChI is InChI=1S/C21H18FN5O2/c1-2-18(28)26-11-16-19(13-7-9-24-10-8-13)20(14-3-5-15(22)6-4-14)25-27(16)17(12-26)21(23)29/h2-10,17H,1,11-12H2,(H2,23,29). The Bertz CT molecular complexity index is 1090. The first kappa shape index (κ1) is 18.5. The van der Waals surface area contributed by atoms with Crippen LogP contribution in [0.2, 0.25) is 0 Å². The van der Waals surface area contributed by atoms with Crippen LogP contribution in [0.1, 0.15) is 11.7 Å². The third-order valence-corrected chi connectivity index (χ3v) is 4.94. The normalized spacial score (nSPS) is 15.6. The van der Waals surface area contributed by atoms with Gasteiger partial charge in [-0.1, -0.05) is 6.58 Å². The SMILES string of the molecule is C=CC(=O)N1Cc2c(-c3ccncc3)c(-c3ccc(F)cc3)nn2C(C(N)=O)C1. The highest BCUT2D eigenvalue weighted by Gasteiger charge is 2.35. The first-order valence-corrected chi connectivity index (χ1v) is 8.98. The van der Waals surface area contributed by atoms with Crippen molar-refractivity contribution in [3.8, 4) is 22.4 Å². The average Bonchev–Trinajstić information content (AvgIpc) is 3.12. The van der Waals surface area contributed by atoms with Gasteiger partial charge < -0.3 is 10.6 Å². The fraction of sp³-hybridized carbons (Fsp3) is 0.143. The zero-order valence-electron chi connectivity index (χ0n) is 15.5. The highest BCUT2D eigenvalue weighted by molar-refractivity contribution is 5.90. The lowest BCUT2D eigenvalue weighted by Crippen LogP contribution is -2.45. The molecule has 2 aromatic heterocycles. The van der Waals surface area contributed by atoms with E-state index in [4.69, 9.17) is 5.73 Å². The molecular weight excluding hydrogens is 373 g/mol. The maximum Gasteiger partial charge on any atom is 0.246 e. The number of aromatic nitrogens is 3. The molecule has 4 rings (SSSR count). The smallest absolute Gasteiger partial charge is 0.246 e. The van der Waals surface area contributed by atoms with E-state index in [1.54, 1.807) is 29.2 Å². The average molecular weight is 391 g/mol. The lowest BCUT2D eigenvalue weighted by atomic mass is 9.98. The number of nitrogens with zero attached hydrogens (tertiary/aromatic N) is 4. The van der Waals surface area contributed by atoms with Crippen LogP contribution in [0.5, 0.6) is 0 Å². The molecule has 7 nitrogen and oxygen atoms in total. The Morgan fingerprint density at radius 1 is 1.14 bits per heavy atom. The first-order chi connectivity index (χ1) is 14.0. The number of hydrogen-bond acceptors (Lipinski definition) is 4. The fourth-order valence-corrected chi connectivity index (χ4v) is 3.55. The topological polar surface area (TPSA) is 94.1 Å². The molecule has 0 fully saturated rings. The van der Waals surface area contributed by atoms with Crippen LogP contribution in [-0.4, -0.2) is 38.0 Å². The summed E-state index contributed by atoms with van der Waals surface area (Å²) in [6, 6.07) is 8.77. The quantitative estimate of drug-likeness (QED) is 0.691. The van der Waals surface area contributed by atoms with E-state index in [9.17, 15) is 14.0 Å². The number of nitrogens with two attached hydrogens (primary N) is 1. The maximum atomic E-state index is 13.5. The number of carbonyl (C=O) groups excluding carboxylic acids is 2. The largest absolute Gasteiger partial charge is 0.368 e. The summed E-state index contributed by atoms with van der Waals surface area (Å²) < 4.78 is 15.0. The molecule has 0 saturated carbocycles. The molecule has 1 atom stereocenters. The molecule has 2 N–H and O–H groups in total. The van der Waals surface area contributed by atoms with Gasteiger partial charge in [0.25, 0.3) is 0 Å². The number of primary amides is 1. The Morgan fingerprint density at radius 3 is 2.45 bits per heavy atom. The molecular formula is C21H18FN5O2. The van der Waals surface area contributed by atoms with Crippen molar-refractivity contribution >= 4 is 11.8 Å². The van der Waals surface area contributed by atoms with Crippen molar-refractivity contribution in [2.45, 2.75) is 12.6 Å². The van der Waals surface area contributed by atoms with E-state index in [2.05, 4.69) is 16.7 Å². The summed E-state index contributed by atoms with van der Waals surface area (Å²) in [6.07, 6.45) is 4.50. The van der Waals surface area contributed by atoms with Crippen molar-refractivity contribution in [2.75, 3.05) is 6.54 Å². The van der Waals surface area contributed by atoms with Crippen molar-refractivity contribution in [2.24, 2.45) is 5.73 Å². The van der Waals surface area contributed by atoms with E-state index in [1.165, 1.54) is 23.1 Å². The molecule has 0 spiro atoms. The van der Waals surface area contributed by atoms with Gasteiger partial charge in [0.15, 0.2) is 0 Å². The lowest BCUT2D eigenvalue weighted by Gasteiger charge is -2.32. The van der Waals surface area contributed by atoms with Gasteiger partial charge in [0, 0.05) is 23.5 Å². The highest BCUT2D eigenvalue weighted by atomic mass is 19.1. The Balaban J connectivity index is 1.97. The van der Waals surface area contributed by atoms with Crippen LogP contribution >= 0.6 is 0 Å². The Kier molecular flexibility index (Phi) is 4.67. The zero-order chi connectivity index (χ0) is 20.5. The number of amides is 2. The van der Waals surface area contributed by atoms with Crippen LogP contribution in [0, 0.1) is 5.82 Å². The first-order valence-electron chi connectivity index (χ1n) is 8.98. The van der Waals surface area contributed by atoms with Gasteiger partial charge in [0.1, 0.15) is 17.6 Å². The number of hydrogen-bond donors (Lipinski definition) is 1. The summed E-state index contributed by atoms with van der Waals surface area (Å²) in [7, 11) is 0. The molecule has 1 aromatic carbocycles. The van der Waals surface area contributed by atoms with E-state index in [-0.39, 0.29) is 24.8 Å². The molecule has 1 aliphatic rings. The second-order valence-electron chi connectivity index (χ2n) is 6.70. The summed E-state index contributed by atoms with van der Waals surface area (Å²) >= 11 is 0. The predicted octanol–water partition coefficient (Wildman–Crippen LogP) is 2.31. The molecule has 1 unspecified atom stereocenters. The fourth-order valence-electron chi connectivity index (χ4n) is 3.55. The van der Waals surface area contributed by atoms with Crippen LogP contribution in [0.15, 0.2) is 61.4 Å². The maximum absolute atomic E-state index is 13.5. The molecule has 3 heterocycles. The number of rotatable bonds is 4. The minimum Gasteiger partial charge on any atom is -0.368 e. The summed E-state index contributed by atoms with van der Waals surface area (Å²) in [4.78, 5) is 30.0. The molecule has 1 aliphatic heterocycles. The summed E-state index contributed by atoms with van der Waals surface area (Å²) in [5.74, 6) is -1.25. The zero-order valence-corrected chi connectivity index (χ0v) is 15.5. The predicted molar refractivity (Wildman–Crippen MR) is 105 cm³/mol. The van der Waals surface area contributed by atoms with Gasteiger partial charge in [0.05, 0.1) is 18.8 Å². The van der Waals surface area contributed by atoms with Crippen molar-refractivity contribution in [3.05, 3.63) is 73.0 Å². The van der Waals surface area contributed by atoms with E-state index < -0.39 is 11.9 Å². The third-order valence-electron chi connectivity index (χ3n) is 4.94. The van der Waals surface area contributed by atoms with Crippen LogP contribution in [0.3, 0.4) is 0 Å². The highest BCUT2D eigenvalue weighted by Crippen LogP contribution is 2.38. The van der Waals surface area contributed by atoms with E-state index in [1.807, 2.05) is 12.1 Å². The molecule has 8 heteroatoms. The van der Waals surface area contributed by atoms with Crippen LogP contribution in [0.25, 0.3) is 22.4 Å². The van der Waals surface area contributed by atoms with Gasteiger partial charge in [-0.2, -0.15) is 5.10 Å². The number of benzene rings is 1. The Labute approximate surface area is 166 Å². The number of carbonyl (C=O) groups is 2. The van der Waals surface area contributed by atoms with Crippen LogP contribution in [0.4, 0.5) is 4.39 Å². The van der Waals surface area contributed by atoms with Gasteiger partial charge in [-0.05, 0) is 48.0 Å². The minimum absolute atomic E-state index is 0.105. The van der Waals surface area contributed by atoms with Crippen LogP contribution < -0.4 is 5.73 Å². The molecule has 3 aromatic rings. The molecule has 146 valence electrons. The van der Waals surface area contributed by atoms with E-state index in [0.29, 0.717) is 17.0 Å². The van der Waals surface area contributed by atoms with Gasteiger partial charge in [-0.25, -0.2) is 4.39 Å². The van der Waals surface area contributed by atoms with Crippen LogP contribution in [-0.2, 0) is 16.1 Å². The summed E-state index contributed by atoms with van der Waals surface area (Å²) in [5, 5.41) is 4.66. The Morgan fingerprint density at radius 2 is 1.83 bits per heavy atom. The molecule has 0 bridgehead atoms. The molecule has 2 amide bonds. The van der Waals surface area contributed by atoms with Crippen molar-refractivity contribution in [1.29, 1.82) is 0 Å². The minimum atomic E-state index is -0.822. The van der Waals surface area contributed by atoms with Gasteiger partial charge in [0.2, 0.25) is 11.8 Å². The Hall–Kier alpha value is -3.81. The summed E-state index contributed by atoms with van der Waals surface area (Å²) in [5.41, 5.74) is 9.10. The second kappa shape index (κ2) is 7.31.